The molecule has 1 aromatic carbocycles. The molecule has 1 aliphatic carbocycles. The molecule has 2 heteroatoms. The van der Waals surface area contributed by atoms with Crippen LogP contribution in [-0.4, -0.2) is 28.9 Å². The molecule has 18 heavy (non-hydrogen) atoms. The van der Waals surface area contributed by atoms with Crippen LogP contribution < -0.4 is 0 Å². The van der Waals surface area contributed by atoms with E-state index in [2.05, 4.69) is 29.2 Å². The van der Waals surface area contributed by atoms with Crippen molar-refractivity contribution in [2.45, 2.75) is 55.5 Å². The number of hydrogen-bond donors (Lipinski definition) is 0. The zero-order valence-corrected chi connectivity index (χ0v) is 11.4. The standard InChI is InChI=1S/C16H20ClN/c17-13-8-14-5-6-15(9-13)18(14)10-12-7-11-3-1-2-4-16(11)12/h1-4,12-15H,5-10H2. The smallest absolute Gasteiger partial charge is 0.0365 e. The van der Waals surface area contributed by atoms with Gasteiger partial charge in [-0.1, -0.05) is 24.3 Å². The number of rotatable bonds is 2. The van der Waals surface area contributed by atoms with Crippen molar-refractivity contribution < 1.29 is 0 Å². The quantitative estimate of drug-likeness (QED) is 0.736. The van der Waals surface area contributed by atoms with Gasteiger partial charge in [0.05, 0.1) is 0 Å². The van der Waals surface area contributed by atoms with Crippen molar-refractivity contribution >= 4 is 11.6 Å². The molecule has 0 spiro atoms. The van der Waals surface area contributed by atoms with Gasteiger partial charge in [0, 0.05) is 29.9 Å². The van der Waals surface area contributed by atoms with Crippen LogP contribution in [0.5, 0.6) is 0 Å². The summed E-state index contributed by atoms with van der Waals surface area (Å²) in [5.74, 6) is 0.788. The lowest BCUT2D eigenvalue weighted by Gasteiger charge is -2.42. The zero-order valence-electron chi connectivity index (χ0n) is 10.7. The maximum Gasteiger partial charge on any atom is 0.0365 e. The van der Waals surface area contributed by atoms with E-state index >= 15 is 0 Å². The number of alkyl halides is 1. The molecule has 2 fully saturated rings. The lowest BCUT2D eigenvalue weighted by molar-refractivity contribution is 0.129. The molecule has 2 bridgehead atoms. The van der Waals surface area contributed by atoms with Crippen LogP contribution in [0.15, 0.2) is 24.3 Å². The Hall–Kier alpha value is -0.530. The summed E-state index contributed by atoms with van der Waals surface area (Å²) in [6.07, 6.45) is 6.47. The molecule has 1 aromatic rings. The molecule has 0 aromatic heterocycles. The molecular formula is C16H20ClN. The highest BCUT2D eigenvalue weighted by molar-refractivity contribution is 6.20. The van der Waals surface area contributed by atoms with Gasteiger partial charge in [-0.25, -0.2) is 0 Å². The largest absolute Gasteiger partial charge is 0.297 e. The fraction of sp³-hybridized carbons (Fsp3) is 0.625. The predicted octanol–water partition coefficient (Wildman–Crippen LogP) is 3.56. The Labute approximate surface area is 114 Å². The summed E-state index contributed by atoms with van der Waals surface area (Å²) in [5.41, 5.74) is 3.17. The van der Waals surface area contributed by atoms with Crippen LogP contribution in [0.2, 0.25) is 0 Å². The summed E-state index contributed by atoms with van der Waals surface area (Å²) in [7, 11) is 0. The van der Waals surface area contributed by atoms with Gasteiger partial charge in [0.25, 0.3) is 0 Å². The number of halogens is 1. The lowest BCUT2D eigenvalue weighted by atomic mass is 9.77. The molecule has 3 unspecified atom stereocenters. The Kier molecular flexibility index (Phi) is 2.67. The predicted molar refractivity (Wildman–Crippen MR) is 75.3 cm³/mol. The maximum absolute atomic E-state index is 6.35. The molecule has 2 aliphatic heterocycles. The third kappa shape index (κ3) is 1.71. The molecule has 3 atom stereocenters. The van der Waals surface area contributed by atoms with E-state index in [4.69, 9.17) is 11.6 Å². The van der Waals surface area contributed by atoms with E-state index in [-0.39, 0.29) is 0 Å². The van der Waals surface area contributed by atoms with E-state index in [9.17, 15) is 0 Å². The Morgan fingerprint density at radius 1 is 1.11 bits per heavy atom. The van der Waals surface area contributed by atoms with Crippen LogP contribution in [0.4, 0.5) is 0 Å². The van der Waals surface area contributed by atoms with E-state index < -0.39 is 0 Å². The zero-order chi connectivity index (χ0) is 12.1. The van der Waals surface area contributed by atoms with Gasteiger partial charge in [-0.2, -0.15) is 0 Å². The summed E-state index contributed by atoms with van der Waals surface area (Å²) < 4.78 is 0. The highest BCUT2D eigenvalue weighted by Crippen LogP contribution is 2.42. The van der Waals surface area contributed by atoms with Gasteiger partial charge < -0.3 is 0 Å². The molecule has 0 amide bonds. The third-order valence-electron chi connectivity index (χ3n) is 5.22. The second kappa shape index (κ2) is 4.25. The number of benzene rings is 1. The minimum atomic E-state index is 0.437. The lowest BCUT2D eigenvalue weighted by Crippen LogP contribution is -2.46. The minimum Gasteiger partial charge on any atom is -0.297 e. The number of hydrogen-bond acceptors (Lipinski definition) is 1. The monoisotopic (exact) mass is 261 g/mol. The average molecular weight is 262 g/mol. The number of fused-ring (bicyclic) bond motifs is 3. The SMILES string of the molecule is ClC1CC2CCC(C1)N2CC1Cc2ccccc21. The van der Waals surface area contributed by atoms with Crippen LogP contribution >= 0.6 is 11.6 Å². The maximum atomic E-state index is 6.35. The average Bonchev–Trinajstić information content (AvgIpc) is 2.57. The summed E-state index contributed by atoms with van der Waals surface area (Å²) in [4.78, 5) is 2.78. The van der Waals surface area contributed by atoms with Crippen molar-refractivity contribution in [1.82, 2.24) is 4.90 Å². The van der Waals surface area contributed by atoms with Gasteiger partial charge in [-0.3, -0.25) is 4.90 Å². The fourth-order valence-electron chi connectivity index (χ4n) is 4.29. The summed E-state index contributed by atoms with van der Waals surface area (Å²) in [6.45, 7) is 1.27. The van der Waals surface area contributed by atoms with Gasteiger partial charge in [0.2, 0.25) is 0 Å². The summed E-state index contributed by atoms with van der Waals surface area (Å²) >= 11 is 6.35. The Morgan fingerprint density at radius 3 is 2.56 bits per heavy atom. The fourth-order valence-corrected chi connectivity index (χ4v) is 4.70. The molecule has 0 radical (unpaired) electrons. The van der Waals surface area contributed by atoms with E-state index in [1.54, 1.807) is 11.1 Å². The van der Waals surface area contributed by atoms with Gasteiger partial charge in [-0.15, -0.1) is 11.6 Å². The molecule has 2 heterocycles. The second-order valence-electron chi connectivity index (χ2n) is 6.25. The first kappa shape index (κ1) is 11.3. The van der Waals surface area contributed by atoms with E-state index in [0.29, 0.717) is 5.38 Å². The third-order valence-corrected chi connectivity index (χ3v) is 5.58. The molecule has 96 valence electrons. The molecule has 3 aliphatic rings. The van der Waals surface area contributed by atoms with E-state index in [1.165, 1.54) is 38.6 Å². The van der Waals surface area contributed by atoms with Crippen molar-refractivity contribution in [2.75, 3.05) is 6.54 Å². The van der Waals surface area contributed by atoms with Gasteiger partial charge >= 0.3 is 0 Å². The Morgan fingerprint density at radius 2 is 1.83 bits per heavy atom. The van der Waals surface area contributed by atoms with Crippen molar-refractivity contribution in [2.24, 2.45) is 0 Å². The van der Waals surface area contributed by atoms with Crippen LogP contribution in [0, 0.1) is 0 Å². The Bertz CT molecular complexity index is 444. The minimum absolute atomic E-state index is 0.437. The van der Waals surface area contributed by atoms with Gasteiger partial charge in [0.15, 0.2) is 0 Å². The molecule has 0 saturated carbocycles. The first-order valence-electron chi connectivity index (χ1n) is 7.29. The van der Waals surface area contributed by atoms with E-state index in [1.807, 2.05) is 0 Å². The van der Waals surface area contributed by atoms with Crippen LogP contribution in [0.3, 0.4) is 0 Å². The first-order valence-corrected chi connectivity index (χ1v) is 7.72. The van der Waals surface area contributed by atoms with Crippen molar-refractivity contribution in [3.05, 3.63) is 35.4 Å². The number of nitrogens with zero attached hydrogens (tertiary/aromatic N) is 1. The van der Waals surface area contributed by atoms with Gasteiger partial charge in [0.1, 0.15) is 0 Å². The molecule has 2 saturated heterocycles. The van der Waals surface area contributed by atoms with Crippen LogP contribution in [-0.2, 0) is 6.42 Å². The topological polar surface area (TPSA) is 3.24 Å². The van der Waals surface area contributed by atoms with Crippen molar-refractivity contribution in [3.8, 4) is 0 Å². The molecule has 4 rings (SSSR count). The van der Waals surface area contributed by atoms with Crippen LogP contribution in [0.1, 0.15) is 42.7 Å². The molecule has 0 N–H and O–H groups in total. The highest BCUT2D eigenvalue weighted by Gasteiger charge is 2.42. The second-order valence-corrected chi connectivity index (χ2v) is 6.87. The normalized spacial score (nSPS) is 38.3. The highest BCUT2D eigenvalue weighted by atomic mass is 35.5. The summed E-state index contributed by atoms with van der Waals surface area (Å²) in [5, 5.41) is 0.437. The first-order chi connectivity index (χ1) is 8.81. The van der Waals surface area contributed by atoms with Gasteiger partial charge in [-0.05, 0) is 43.2 Å². The van der Waals surface area contributed by atoms with E-state index in [0.717, 1.165) is 18.0 Å². The number of piperidine rings is 1. The Balaban J connectivity index is 1.48. The van der Waals surface area contributed by atoms with Crippen molar-refractivity contribution in [3.63, 3.8) is 0 Å². The molecule has 1 nitrogen and oxygen atoms in total. The summed E-state index contributed by atoms with van der Waals surface area (Å²) in [6, 6.07) is 10.5. The molecular weight excluding hydrogens is 242 g/mol. The van der Waals surface area contributed by atoms with Crippen LogP contribution in [0.25, 0.3) is 0 Å². The van der Waals surface area contributed by atoms with Crippen molar-refractivity contribution in [1.29, 1.82) is 0 Å².